The Hall–Kier alpha value is -1.38. The van der Waals surface area contributed by atoms with E-state index < -0.39 is 5.97 Å². The number of nitrogens with zero attached hydrogens (tertiary/aromatic N) is 1. The van der Waals surface area contributed by atoms with Crippen molar-refractivity contribution in [2.24, 2.45) is 4.99 Å². The maximum Gasteiger partial charge on any atom is 0.331 e. The molecule has 1 N–H and O–H groups in total. The molecular weight excluding hydrogens is 154 g/mol. The van der Waals surface area contributed by atoms with Crippen LogP contribution in [0.1, 0.15) is 20.8 Å². The molecule has 0 bridgehead atoms. The minimum absolute atomic E-state index is 0.275. The quantitative estimate of drug-likeness (QED) is 0.516. The van der Waals surface area contributed by atoms with Gasteiger partial charge < -0.3 is 5.11 Å². The van der Waals surface area contributed by atoms with Crippen LogP contribution in [-0.4, -0.2) is 16.8 Å². The third-order valence-corrected chi connectivity index (χ3v) is 1.13. The van der Waals surface area contributed by atoms with Crippen molar-refractivity contribution in [1.29, 1.82) is 0 Å². The summed E-state index contributed by atoms with van der Waals surface area (Å²) in [6.07, 6.45) is 1.51. The topological polar surface area (TPSA) is 49.7 Å². The van der Waals surface area contributed by atoms with Gasteiger partial charge in [0.1, 0.15) is 0 Å². The lowest BCUT2D eigenvalue weighted by Crippen LogP contribution is -1.98. The molecule has 3 nitrogen and oxygen atoms in total. The second kappa shape index (κ2) is 4.49. The van der Waals surface area contributed by atoms with E-state index in [2.05, 4.69) is 11.6 Å². The maximum atomic E-state index is 10.4. The minimum atomic E-state index is -0.925. The van der Waals surface area contributed by atoms with Crippen LogP contribution in [0.3, 0.4) is 0 Å². The highest BCUT2D eigenvalue weighted by molar-refractivity contribution is 6.00. The van der Waals surface area contributed by atoms with Crippen LogP contribution < -0.4 is 0 Å². The van der Waals surface area contributed by atoms with Gasteiger partial charge in [-0.1, -0.05) is 6.58 Å². The fourth-order valence-electron chi connectivity index (χ4n) is 0.708. The highest BCUT2D eigenvalue weighted by Crippen LogP contribution is 1.97. The first-order valence-corrected chi connectivity index (χ1v) is 3.56. The molecule has 0 saturated carbocycles. The van der Waals surface area contributed by atoms with E-state index in [1.54, 1.807) is 13.8 Å². The van der Waals surface area contributed by atoms with E-state index in [9.17, 15) is 4.79 Å². The third-order valence-electron chi connectivity index (χ3n) is 1.13. The molecule has 0 aromatic rings. The third kappa shape index (κ3) is 4.44. The van der Waals surface area contributed by atoms with Crippen LogP contribution in [0, 0.1) is 0 Å². The summed E-state index contributed by atoms with van der Waals surface area (Å²) in [7, 11) is 0. The Balaban J connectivity index is 4.54. The van der Waals surface area contributed by atoms with Gasteiger partial charge in [-0.15, -0.1) is 0 Å². The molecule has 0 aromatic heterocycles. The molecule has 0 aromatic carbocycles. The molecule has 0 radical (unpaired) electrons. The zero-order valence-corrected chi connectivity index (χ0v) is 7.59. The van der Waals surface area contributed by atoms with E-state index in [1.807, 2.05) is 0 Å². The summed E-state index contributed by atoms with van der Waals surface area (Å²) < 4.78 is 0. The minimum Gasteiger partial charge on any atom is -0.478 e. The van der Waals surface area contributed by atoms with Gasteiger partial charge >= 0.3 is 5.97 Å². The molecule has 0 aliphatic carbocycles. The molecular formula is C9H13NO2. The van der Waals surface area contributed by atoms with E-state index in [0.29, 0.717) is 11.4 Å². The van der Waals surface area contributed by atoms with Gasteiger partial charge in [0.05, 0.1) is 0 Å². The van der Waals surface area contributed by atoms with Crippen LogP contribution in [0.25, 0.3) is 0 Å². The van der Waals surface area contributed by atoms with Gasteiger partial charge in [0.15, 0.2) is 0 Å². The summed E-state index contributed by atoms with van der Waals surface area (Å²) in [6.45, 7) is 8.61. The Morgan fingerprint density at radius 1 is 1.42 bits per heavy atom. The molecule has 0 aliphatic rings. The number of carboxylic acid groups (broad SMARTS) is 1. The first kappa shape index (κ1) is 10.6. The predicted octanol–water partition coefficient (Wildman–Crippen LogP) is 2.01. The zero-order chi connectivity index (χ0) is 9.72. The van der Waals surface area contributed by atoms with Gasteiger partial charge in [0.25, 0.3) is 0 Å². The predicted molar refractivity (Wildman–Crippen MR) is 49.3 cm³/mol. The van der Waals surface area contributed by atoms with Crippen LogP contribution in [0.2, 0.25) is 0 Å². The van der Waals surface area contributed by atoms with Gasteiger partial charge in [0, 0.05) is 17.0 Å². The molecule has 0 heterocycles. The second-order valence-corrected chi connectivity index (χ2v) is 2.62. The van der Waals surface area contributed by atoms with Crippen molar-refractivity contribution in [2.45, 2.75) is 20.8 Å². The van der Waals surface area contributed by atoms with Crippen molar-refractivity contribution in [3.05, 3.63) is 23.9 Å². The van der Waals surface area contributed by atoms with Crippen molar-refractivity contribution in [2.75, 3.05) is 0 Å². The Bertz CT molecular complexity index is 262. The number of allylic oxidation sites excluding steroid dienone is 2. The molecule has 0 fully saturated rings. The monoisotopic (exact) mass is 167 g/mol. The van der Waals surface area contributed by atoms with Crippen LogP contribution in [0.5, 0.6) is 0 Å². The highest BCUT2D eigenvalue weighted by Gasteiger charge is 1.98. The summed E-state index contributed by atoms with van der Waals surface area (Å²) in [4.78, 5) is 14.4. The molecule has 0 saturated heterocycles. The van der Waals surface area contributed by atoms with E-state index in [4.69, 9.17) is 5.11 Å². The van der Waals surface area contributed by atoms with Crippen molar-refractivity contribution in [3.8, 4) is 0 Å². The van der Waals surface area contributed by atoms with Gasteiger partial charge in [-0.3, -0.25) is 4.99 Å². The molecule has 0 spiro atoms. The average Bonchev–Trinajstić information content (AvgIpc) is 1.84. The fraction of sp³-hybridized carbons (Fsp3) is 0.333. The number of rotatable bonds is 3. The van der Waals surface area contributed by atoms with Crippen LogP contribution in [0.4, 0.5) is 0 Å². The summed E-state index contributed by atoms with van der Waals surface area (Å²) in [5.41, 5.74) is 1.60. The first-order valence-electron chi connectivity index (χ1n) is 3.56. The Morgan fingerprint density at radius 3 is 2.25 bits per heavy atom. The largest absolute Gasteiger partial charge is 0.478 e. The van der Waals surface area contributed by atoms with E-state index >= 15 is 0 Å². The smallest absolute Gasteiger partial charge is 0.331 e. The van der Waals surface area contributed by atoms with Gasteiger partial charge in [-0.2, -0.15) is 0 Å². The second-order valence-electron chi connectivity index (χ2n) is 2.62. The lowest BCUT2D eigenvalue weighted by atomic mass is 10.2. The molecule has 12 heavy (non-hydrogen) atoms. The lowest BCUT2D eigenvalue weighted by molar-refractivity contribution is -0.132. The standard InChI is InChI=1S/C9H13NO2/c1-6(2)10-8(4)5-7(3)9(11)12/h5H,1H2,2-4H3,(H,11,12)/b7-5+,10-8-. The van der Waals surface area contributed by atoms with Crippen molar-refractivity contribution in [3.63, 3.8) is 0 Å². The SMILES string of the molecule is C=C(C)/N=C(C)\C=C(/C)C(=O)O. The van der Waals surface area contributed by atoms with Gasteiger partial charge in [-0.05, 0) is 26.8 Å². The van der Waals surface area contributed by atoms with E-state index in [1.165, 1.54) is 13.0 Å². The lowest BCUT2D eigenvalue weighted by Gasteiger charge is -1.94. The molecule has 0 atom stereocenters. The molecule has 0 amide bonds. The number of carbonyl (C=O) groups is 1. The van der Waals surface area contributed by atoms with Crippen molar-refractivity contribution in [1.82, 2.24) is 0 Å². The first-order chi connectivity index (χ1) is 5.43. The van der Waals surface area contributed by atoms with Gasteiger partial charge in [-0.25, -0.2) is 4.79 Å². The number of carboxylic acids is 1. The number of hydrogen-bond donors (Lipinski definition) is 1. The van der Waals surface area contributed by atoms with Crippen LogP contribution in [-0.2, 0) is 4.79 Å². The van der Waals surface area contributed by atoms with Crippen molar-refractivity contribution >= 4 is 11.7 Å². The maximum absolute atomic E-state index is 10.4. The molecule has 66 valence electrons. The van der Waals surface area contributed by atoms with Crippen LogP contribution in [0.15, 0.2) is 28.9 Å². The zero-order valence-electron chi connectivity index (χ0n) is 7.59. The Morgan fingerprint density at radius 2 is 1.92 bits per heavy atom. The van der Waals surface area contributed by atoms with E-state index in [-0.39, 0.29) is 5.57 Å². The van der Waals surface area contributed by atoms with E-state index in [0.717, 1.165) is 0 Å². The molecule has 0 aliphatic heterocycles. The summed E-state index contributed by atoms with van der Waals surface area (Å²) in [5.74, 6) is -0.925. The number of aliphatic carboxylic acids is 1. The molecule has 0 unspecified atom stereocenters. The van der Waals surface area contributed by atoms with Crippen molar-refractivity contribution < 1.29 is 9.90 Å². The summed E-state index contributed by atoms with van der Waals surface area (Å²) in [6, 6.07) is 0. The van der Waals surface area contributed by atoms with Crippen LogP contribution >= 0.6 is 0 Å². The Labute approximate surface area is 72.1 Å². The summed E-state index contributed by atoms with van der Waals surface area (Å²) in [5, 5.41) is 8.52. The Kier molecular flexibility index (Phi) is 3.97. The molecule has 0 rings (SSSR count). The molecule has 3 heteroatoms. The van der Waals surface area contributed by atoms with Gasteiger partial charge in [0.2, 0.25) is 0 Å². The summed E-state index contributed by atoms with van der Waals surface area (Å²) >= 11 is 0. The average molecular weight is 167 g/mol. The highest BCUT2D eigenvalue weighted by atomic mass is 16.4. The number of aliphatic imine (C=N–C) groups is 1. The normalized spacial score (nSPS) is 12.9. The number of hydrogen-bond acceptors (Lipinski definition) is 2. The fourth-order valence-corrected chi connectivity index (χ4v) is 0.708.